The Morgan fingerprint density at radius 2 is 1.95 bits per heavy atom. The molecule has 0 bridgehead atoms. The highest BCUT2D eigenvalue weighted by atomic mass is 35.5. The van der Waals surface area contributed by atoms with Crippen LogP contribution in [0.1, 0.15) is 37.3 Å². The lowest BCUT2D eigenvalue weighted by Crippen LogP contribution is -2.12. The predicted molar refractivity (Wildman–Crippen MR) is 79.9 cm³/mol. The Morgan fingerprint density at radius 1 is 1.26 bits per heavy atom. The molecule has 1 aromatic carbocycles. The largest absolute Gasteiger partial charge is 0.288 e. The van der Waals surface area contributed by atoms with Crippen molar-refractivity contribution in [1.29, 1.82) is 5.26 Å². The van der Waals surface area contributed by atoms with E-state index in [1.807, 2.05) is 18.3 Å². The Morgan fingerprint density at radius 3 is 2.58 bits per heavy atom. The van der Waals surface area contributed by atoms with E-state index in [0.29, 0.717) is 5.92 Å². The van der Waals surface area contributed by atoms with Gasteiger partial charge in [-0.15, -0.1) is 12.4 Å². The van der Waals surface area contributed by atoms with Crippen molar-refractivity contribution >= 4 is 18.6 Å². The summed E-state index contributed by atoms with van der Waals surface area (Å²) in [5, 5.41) is 8.85. The molecule has 98 valence electrons. The van der Waals surface area contributed by atoms with Crippen molar-refractivity contribution in [2.75, 3.05) is 6.54 Å². The standard InChI is InChI=1S/C16H16N2.ClH/c1-16(2)7-13(14-9-18-10-15(14)16)12-5-3-11(8-17)4-6-12;/h3-6,9,13H,7,10H2,1-2H3;1H. The number of hydrogen-bond acceptors (Lipinski definition) is 2. The van der Waals surface area contributed by atoms with Crippen molar-refractivity contribution in [3.05, 3.63) is 46.5 Å². The summed E-state index contributed by atoms with van der Waals surface area (Å²) in [5.74, 6) is 0.453. The number of hydrogen-bond donors (Lipinski definition) is 0. The second-order valence-electron chi connectivity index (χ2n) is 5.78. The van der Waals surface area contributed by atoms with Crippen molar-refractivity contribution in [3.63, 3.8) is 0 Å². The Balaban J connectivity index is 0.00000133. The first-order valence-electron chi connectivity index (χ1n) is 6.35. The van der Waals surface area contributed by atoms with Crippen LogP contribution in [0.4, 0.5) is 0 Å². The van der Waals surface area contributed by atoms with Crippen LogP contribution in [-0.2, 0) is 0 Å². The summed E-state index contributed by atoms with van der Waals surface area (Å²) in [6, 6.07) is 10.2. The fraction of sp³-hybridized carbons (Fsp3) is 0.375. The minimum atomic E-state index is 0. The van der Waals surface area contributed by atoms with E-state index in [4.69, 9.17) is 5.26 Å². The first-order chi connectivity index (χ1) is 8.62. The zero-order valence-corrected chi connectivity index (χ0v) is 12.0. The minimum Gasteiger partial charge on any atom is -0.288 e. The van der Waals surface area contributed by atoms with Crippen LogP contribution in [0.25, 0.3) is 0 Å². The highest BCUT2D eigenvalue weighted by Gasteiger charge is 2.40. The van der Waals surface area contributed by atoms with Crippen molar-refractivity contribution in [2.45, 2.75) is 26.2 Å². The fourth-order valence-electron chi connectivity index (χ4n) is 3.14. The molecule has 1 aliphatic heterocycles. The molecule has 1 heterocycles. The van der Waals surface area contributed by atoms with Gasteiger partial charge in [-0.3, -0.25) is 4.99 Å². The highest BCUT2D eigenvalue weighted by Crippen LogP contribution is 2.51. The molecule has 0 spiro atoms. The Labute approximate surface area is 120 Å². The van der Waals surface area contributed by atoms with E-state index in [2.05, 4.69) is 37.0 Å². The average molecular weight is 273 g/mol. The van der Waals surface area contributed by atoms with Crippen molar-refractivity contribution < 1.29 is 0 Å². The van der Waals surface area contributed by atoms with Crippen LogP contribution < -0.4 is 0 Å². The highest BCUT2D eigenvalue weighted by molar-refractivity contribution is 5.86. The van der Waals surface area contributed by atoms with Gasteiger partial charge in [0.2, 0.25) is 0 Å². The number of aliphatic imine (C=N–C) groups is 1. The SMILES string of the molecule is CC1(C)CC(c2ccc(C#N)cc2)C2=C1CN=C2.Cl. The smallest absolute Gasteiger partial charge is 0.0991 e. The lowest BCUT2D eigenvalue weighted by Gasteiger charge is -2.22. The number of rotatable bonds is 1. The van der Waals surface area contributed by atoms with E-state index in [9.17, 15) is 0 Å². The van der Waals surface area contributed by atoms with E-state index in [-0.39, 0.29) is 17.8 Å². The second kappa shape index (κ2) is 4.83. The van der Waals surface area contributed by atoms with Crippen molar-refractivity contribution in [2.24, 2.45) is 10.4 Å². The Bertz CT molecular complexity index is 588. The van der Waals surface area contributed by atoms with E-state index in [1.54, 1.807) is 0 Å². The van der Waals surface area contributed by atoms with Crippen LogP contribution in [0.2, 0.25) is 0 Å². The van der Waals surface area contributed by atoms with Gasteiger partial charge in [0.1, 0.15) is 0 Å². The number of benzene rings is 1. The number of halogens is 1. The quantitative estimate of drug-likeness (QED) is 0.764. The zero-order chi connectivity index (χ0) is 12.8. The molecule has 0 amide bonds. The molecule has 2 nitrogen and oxygen atoms in total. The molecule has 1 aromatic rings. The summed E-state index contributed by atoms with van der Waals surface area (Å²) in [6.07, 6.45) is 3.20. The van der Waals surface area contributed by atoms with Crippen LogP contribution in [0.3, 0.4) is 0 Å². The van der Waals surface area contributed by atoms with Gasteiger partial charge in [-0.2, -0.15) is 5.26 Å². The molecule has 2 aliphatic rings. The summed E-state index contributed by atoms with van der Waals surface area (Å²) in [6.45, 7) is 5.48. The van der Waals surface area contributed by atoms with Gasteiger partial charge < -0.3 is 0 Å². The molecule has 3 rings (SSSR count). The summed E-state index contributed by atoms with van der Waals surface area (Å²) in [7, 11) is 0. The zero-order valence-electron chi connectivity index (χ0n) is 11.2. The molecular weight excluding hydrogens is 256 g/mol. The van der Waals surface area contributed by atoms with Crippen LogP contribution in [0, 0.1) is 16.7 Å². The van der Waals surface area contributed by atoms with Gasteiger partial charge in [0.25, 0.3) is 0 Å². The van der Waals surface area contributed by atoms with Crippen molar-refractivity contribution in [3.8, 4) is 6.07 Å². The molecular formula is C16H17ClN2. The molecule has 0 N–H and O–H groups in total. The van der Waals surface area contributed by atoms with Gasteiger partial charge in [-0.05, 0) is 40.7 Å². The van der Waals surface area contributed by atoms with E-state index >= 15 is 0 Å². The average Bonchev–Trinajstić information content (AvgIpc) is 2.93. The van der Waals surface area contributed by atoms with Gasteiger partial charge in [-0.1, -0.05) is 26.0 Å². The summed E-state index contributed by atoms with van der Waals surface area (Å²) >= 11 is 0. The van der Waals surface area contributed by atoms with Crippen LogP contribution in [0.5, 0.6) is 0 Å². The maximum absolute atomic E-state index is 8.85. The van der Waals surface area contributed by atoms with E-state index in [1.165, 1.54) is 16.7 Å². The molecule has 1 aliphatic carbocycles. The minimum absolute atomic E-state index is 0. The number of nitrogens with zero attached hydrogens (tertiary/aromatic N) is 2. The number of allylic oxidation sites excluding steroid dienone is 1. The predicted octanol–water partition coefficient (Wildman–Crippen LogP) is 3.87. The molecule has 19 heavy (non-hydrogen) atoms. The summed E-state index contributed by atoms with van der Waals surface area (Å²) in [5.41, 5.74) is 5.19. The first kappa shape index (κ1) is 13.8. The molecule has 0 aromatic heterocycles. The van der Waals surface area contributed by atoms with Crippen LogP contribution in [0.15, 0.2) is 40.4 Å². The molecule has 0 fully saturated rings. The van der Waals surface area contributed by atoms with Crippen molar-refractivity contribution in [1.82, 2.24) is 0 Å². The summed E-state index contributed by atoms with van der Waals surface area (Å²) < 4.78 is 0. The number of nitriles is 1. The monoisotopic (exact) mass is 272 g/mol. The van der Waals surface area contributed by atoms with Gasteiger partial charge >= 0.3 is 0 Å². The normalized spacial score (nSPS) is 22.9. The third-order valence-electron chi connectivity index (χ3n) is 4.18. The van der Waals surface area contributed by atoms with Gasteiger partial charge in [-0.25, -0.2) is 0 Å². The maximum Gasteiger partial charge on any atom is 0.0991 e. The molecule has 0 saturated carbocycles. The van der Waals surface area contributed by atoms with Crippen LogP contribution >= 0.6 is 12.4 Å². The van der Waals surface area contributed by atoms with E-state index in [0.717, 1.165) is 18.5 Å². The first-order valence-corrected chi connectivity index (χ1v) is 6.35. The molecule has 0 radical (unpaired) electrons. The lowest BCUT2D eigenvalue weighted by atomic mass is 9.83. The van der Waals surface area contributed by atoms with Gasteiger partial charge in [0, 0.05) is 12.1 Å². The van der Waals surface area contributed by atoms with E-state index < -0.39 is 0 Å². The fourth-order valence-corrected chi connectivity index (χ4v) is 3.14. The molecule has 1 atom stereocenters. The topological polar surface area (TPSA) is 36.1 Å². The lowest BCUT2D eigenvalue weighted by molar-refractivity contribution is 0.419. The van der Waals surface area contributed by atoms with Gasteiger partial charge in [0.05, 0.1) is 18.2 Å². The third-order valence-corrected chi connectivity index (χ3v) is 4.18. The Kier molecular flexibility index (Phi) is 3.52. The van der Waals surface area contributed by atoms with Crippen LogP contribution in [-0.4, -0.2) is 12.8 Å². The maximum atomic E-state index is 8.85. The molecule has 0 saturated heterocycles. The third kappa shape index (κ3) is 2.19. The van der Waals surface area contributed by atoms with Gasteiger partial charge in [0.15, 0.2) is 0 Å². The molecule has 1 unspecified atom stereocenters. The second-order valence-corrected chi connectivity index (χ2v) is 5.78. The molecule has 3 heteroatoms. The summed E-state index contributed by atoms with van der Waals surface area (Å²) in [4.78, 5) is 4.42. The Hall–Kier alpha value is -1.59.